The van der Waals surface area contributed by atoms with Crippen LogP contribution >= 0.6 is 0 Å². The van der Waals surface area contributed by atoms with E-state index in [0.29, 0.717) is 23.5 Å². The topological polar surface area (TPSA) is 62.0 Å². The molecule has 0 bridgehead atoms. The van der Waals surface area contributed by atoms with Crippen molar-refractivity contribution in [2.75, 3.05) is 7.11 Å². The fourth-order valence-electron chi connectivity index (χ4n) is 5.56. The van der Waals surface area contributed by atoms with Crippen LogP contribution in [0.4, 0.5) is 0 Å². The molecule has 2 N–H and O–H groups in total. The predicted octanol–water partition coefficient (Wildman–Crippen LogP) is 3.22. The maximum Gasteiger partial charge on any atom is 0.115 e. The first-order valence-electron chi connectivity index (χ1n) is 8.64. The number of phenols is 1. The van der Waals surface area contributed by atoms with Gasteiger partial charge in [-0.2, -0.15) is 0 Å². The van der Waals surface area contributed by atoms with E-state index in [4.69, 9.17) is 4.84 Å². The SMILES string of the molecule is CO/N=C1/C[C@H]2[C@@H]3CCc4cc(O)ccc4[C@H]3CC[C@]2(C)[C@@H]1O. The normalized spacial score (nSPS) is 40.4. The van der Waals surface area contributed by atoms with E-state index in [-0.39, 0.29) is 5.41 Å². The third-order valence-corrected chi connectivity index (χ3v) is 6.73. The first kappa shape index (κ1) is 15.0. The Bertz CT molecular complexity index is 656. The lowest BCUT2D eigenvalue weighted by Gasteiger charge is -2.49. The summed E-state index contributed by atoms with van der Waals surface area (Å²) >= 11 is 0. The summed E-state index contributed by atoms with van der Waals surface area (Å²) in [5, 5.41) is 24.6. The number of hydrogen-bond acceptors (Lipinski definition) is 4. The van der Waals surface area contributed by atoms with E-state index >= 15 is 0 Å². The highest BCUT2D eigenvalue weighted by Gasteiger charge is 2.57. The monoisotopic (exact) mass is 315 g/mol. The van der Waals surface area contributed by atoms with Gasteiger partial charge in [0.15, 0.2) is 0 Å². The first-order chi connectivity index (χ1) is 11.0. The van der Waals surface area contributed by atoms with Crippen molar-refractivity contribution in [3.05, 3.63) is 29.3 Å². The average Bonchev–Trinajstić information content (AvgIpc) is 2.79. The number of aliphatic hydroxyl groups excluding tert-OH is 1. The van der Waals surface area contributed by atoms with Crippen LogP contribution in [-0.2, 0) is 11.3 Å². The summed E-state index contributed by atoms with van der Waals surface area (Å²) < 4.78 is 0. The molecule has 3 aliphatic rings. The van der Waals surface area contributed by atoms with Crippen molar-refractivity contribution in [2.45, 2.75) is 51.0 Å². The summed E-state index contributed by atoms with van der Waals surface area (Å²) in [6.07, 6.45) is 4.64. The second-order valence-corrected chi connectivity index (χ2v) is 7.71. The molecule has 124 valence electrons. The molecule has 0 radical (unpaired) electrons. The maximum atomic E-state index is 10.8. The molecular weight excluding hydrogens is 290 g/mol. The second kappa shape index (κ2) is 5.23. The van der Waals surface area contributed by atoms with Crippen LogP contribution < -0.4 is 0 Å². The number of fused-ring (bicyclic) bond motifs is 5. The Hall–Kier alpha value is -1.55. The summed E-state index contributed by atoms with van der Waals surface area (Å²) in [7, 11) is 1.55. The Morgan fingerprint density at radius 1 is 1.30 bits per heavy atom. The Morgan fingerprint density at radius 2 is 2.13 bits per heavy atom. The van der Waals surface area contributed by atoms with Crippen molar-refractivity contribution in [2.24, 2.45) is 22.4 Å². The third kappa shape index (κ3) is 2.11. The molecule has 0 amide bonds. The molecule has 2 fully saturated rings. The summed E-state index contributed by atoms with van der Waals surface area (Å²) in [5.74, 6) is 1.97. The molecule has 0 aromatic heterocycles. The fourth-order valence-corrected chi connectivity index (χ4v) is 5.56. The summed E-state index contributed by atoms with van der Waals surface area (Å²) in [4.78, 5) is 4.95. The lowest BCUT2D eigenvalue weighted by molar-refractivity contribution is -0.0122. The van der Waals surface area contributed by atoms with Crippen LogP contribution in [0.1, 0.15) is 49.7 Å². The number of oxime groups is 1. The van der Waals surface area contributed by atoms with Crippen LogP contribution in [0, 0.1) is 17.3 Å². The average molecular weight is 315 g/mol. The zero-order valence-corrected chi connectivity index (χ0v) is 13.8. The molecule has 5 atom stereocenters. The molecule has 3 aliphatic carbocycles. The Kier molecular flexibility index (Phi) is 3.41. The van der Waals surface area contributed by atoms with Crippen LogP contribution in [0.3, 0.4) is 0 Å². The van der Waals surface area contributed by atoms with Gasteiger partial charge in [0.2, 0.25) is 0 Å². The Labute approximate surface area is 137 Å². The van der Waals surface area contributed by atoms with Gasteiger partial charge in [0, 0.05) is 5.41 Å². The summed E-state index contributed by atoms with van der Waals surface area (Å²) in [5.41, 5.74) is 3.46. The van der Waals surface area contributed by atoms with E-state index in [0.717, 1.165) is 37.8 Å². The van der Waals surface area contributed by atoms with Crippen molar-refractivity contribution in [1.29, 1.82) is 0 Å². The van der Waals surface area contributed by atoms with Crippen LogP contribution in [0.2, 0.25) is 0 Å². The third-order valence-electron chi connectivity index (χ3n) is 6.73. The number of hydrogen-bond donors (Lipinski definition) is 2. The highest BCUT2D eigenvalue weighted by Crippen LogP contribution is 2.60. The van der Waals surface area contributed by atoms with Gasteiger partial charge in [-0.05, 0) is 73.1 Å². The van der Waals surface area contributed by atoms with Gasteiger partial charge in [-0.3, -0.25) is 0 Å². The first-order valence-corrected chi connectivity index (χ1v) is 8.64. The number of aliphatic hydroxyl groups is 1. The molecule has 2 saturated carbocycles. The molecule has 0 aliphatic heterocycles. The van der Waals surface area contributed by atoms with Gasteiger partial charge in [0.25, 0.3) is 0 Å². The Morgan fingerprint density at radius 3 is 2.91 bits per heavy atom. The fraction of sp³-hybridized carbons (Fsp3) is 0.632. The van der Waals surface area contributed by atoms with E-state index in [2.05, 4.69) is 18.1 Å². The van der Waals surface area contributed by atoms with Crippen LogP contribution in [0.5, 0.6) is 5.75 Å². The van der Waals surface area contributed by atoms with Crippen LogP contribution in [0.25, 0.3) is 0 Å². The number of rotatable bonds is 1. The number of phenolic OH excluding ortho intramolecular Hbond substituents is 1. The highest BCUT2D eigenvalue weighted by atomic mass is 16.6. The molecule has 0 spiro atoms. The Balaban J connectivity index is 1.70. The molecule has 0 heterocycles. The van der Waals surface area contributed by atoms with E-state index in [1.807, 2.05) is 12.1 Å². The number of aryl methyl sites for hydroxylation is 1. The minimum atomic E-state index is -0.477. The van der Waals surface area contributed by atoms with Gasteiger partial charge in [0.1, 0.15) is 19.0 Å². The molecule has 1 aromatic rings. The van der Waals surface area contributed by atoms with Crippen molar-refractivity contribution in [1.82, 2.24) is 0 Å². The van der Waals surface area contributed by atoms with Gasteiger partial charge >= 0.3 is 0 Å². The van der Waals surface area contributed by atoms with Crippen LogP contribution in [0.15, 0.2) is 23.4 Å². The minimum Gasteiger partial charge on any atom is -0.508 e. The summed E-state index contributed by atoms with van der Waals surface area (Å²) in [6.45, 7) is 2.23. The number of nitrogens with zero attached hydrogens (tertiary/aromatic N) is 1. The van der Waals surface area contributed by atoms with Gasteiger partial charge in [0.05, 0.1) is 5.71 Å². The molecule has 4 heteroatoms. The van der Waals surface area contributed by atoms with E-state index < -0.39 is 6.10 Å². The van der Waals surface area contributed by atoms with Crippen molar-refractivity contribution in [3.63, 3.8) is 0 Å². The van der Waals surface area contributed by atoms with Gasteiger partial charge < -0.3 is 15.1 Å². The molecule has 0 unspecified atom stereocenters. The molecule has 0 saturated heterocycles. The second-order valence-electron chi connectivity index (χ2n) is 7.71. The van der Waals surface area contributed by atoms with Gasteiger partial charge in [-0.15, -0.1) is 0 Å². The van der Waals surface area contributed by atoms with E-state index in [1.54, 1.807) is 7.11 Å². The predicted molar refractivity (Wildman–Crippen MR) is 88.6 cm³/mol. The van der Waals surface area contributed by atoms with Crippen molar-refractivity contribution >= 4 is 5.71 Å². The zero-order valence-electron chi connectivity index (χ0n) is 13.8. The quantitative estimate of drug-likeness (QED) is 0.782. The highest BCUT2D eigenvalue weighted by molar-refractivity contribution is 5.91. The van der Waals surface area contributed by atoms with E-state index in [1.165, 1.54) is 11.1 Å². The minimum absolute atomic E-state index is 0.0764. The largest absolute Gasteiger partial charge is 0.508 e. The van der Waals surface area contributed by atoms with E-state index in [9.17, 15) is 10.2 Å². The molecule has 4 nitrogen and oxygen atoms in total. The summed E-state index contributed by atoms with van der Waals surface area (Å²) in [6, 6.07) is 5.86. The lowest BCUT2D eigenvalue weighted by atomic mass is 9.55. The molecule has 23 heavy (non-hydrogen) atoms. The molecule has 1 aromatic carbocycles. The van der Waals surface area contributed by atoms with Crippen molar-refractivity contribution < 1.29 is 15.1 Å². The number of benzene rings is 1. The maximum absolute atomic E-state index is 10.8. The molecular formula is C19H25NO3. The molecule has 4 rings (SSSR count). The lowest BCUT2D eigenvalue weighted by Crippen LogP contribution is -2.44. The standard InChI is InChI=1S/C19H25NO3/c1-19-8-7-14-13-6-4-12(21)9-11(13)3-5-15(14)16(19)10-17(18(19)22)20-23-2/h4,6,9,14-16,18,21-22H,3,5,7-8,10H2,1-2H3/b20-17-/t14-,15-,16+,18-,19+/m1/s1. The van der Waals surface area contributed by atoms with Gasteiger partial charge in [-0.25, -0.2) is 0 Å². The number of aromatic hydroxyl groups is 1. The zero-order chi connectivity index (χ0) is 16.2. The smallest absolute Gasteiger partial charge is 0.115 e. The van der Waals surface area contributed by atoms with Crippen LogP contribution in [-0.4, -0.2) is 29.1 Å². The van der Waals surface area contributed by atoms with Crippen molar-refractivity contribution in [3.8, 4) is 5.75 Å². The van der Waals surface area contributed by atoms with Gasteiger partial charge in [-0.1, -0.05) is 18.1 Å².